The van der Waals surface area contributed by atoms with Crippen molar-refractivity contribution < 1.29 is 0 Å². The molecule has 2 N–H and O–H groups in total. The third kappa shape index (κ3) is 1.76. The van der Waals surface area contributed by atoms with E-state index in [0.717, 1.165) is 17.8 Å². The Morgan fingerprint density at radius 2 is 1.53 bits per heavy atom. The first-order chi connectivity index (χ1) is 8.38. The summed E-state index contributed by atoms with van der Waals surface area (Å²) in [4.78, 5) is 0. The molecule has 1 aliphatic heterocycles. The average molecular weight is 224 g/mol. The zero-order valence-corrected chi connectivity index (χ0v) is 9.96. The first-order valence-corrected chi connectivity index (χ1v) is 6.13. The third-order valence-electron chi connectivity index (χ3n) is 3.13. The maximum absolute atomic E-state index is 3.53. The molecule has 0 bridgehead atoms. The Balaban J connectivity index is 2.05. The van der Waals surface area contributed by atoms with Crippen LogP contribution < -0.4 is 10.6 Å². The second-order valence-corrected chi connectivity index (χ2v) is 4.39. The van der Waals surface area contributed by atoms with Crippen molar-refractivity contribution in [3.8, 4) is 0 Å². The van der Waals surface area contributed by atoms with Crippen molar-refractivity contribution >= 4 is 22.7 Å². The van der Waals surface area contributed by atoms with Gasteiger partial charge in [0.2, 0.25) is 0 Å². The van der Waals surface area contributed by atoms with E-state index in [1.807, 2.05) is 0 Å². The summed E-state index contributed by atoms with van der Waals surface area (Å²) in [6, 6.07) is 14.7. The lowest BCUT2D eigenvalue weighted by Gasteiger charge is -2.25. The van der Waals surface area contributed by atoms with E-state index < -0.39 is 0 Å². The fourth-order valence-electron chi connectivity index (χ4n) is 2.31. The predicted molar refractivity (Wildman–Crippen MR) is 73.4 cm³/mol. The normalized spacial score (nSPS) is 12.1. The summed E-state index contributed by atoms with van der Waals surface area (Å²) in [6.07, 6.45) is 2.28. The van der Waals surface area contributed by atoms with E-state index in [4.69, 9.17) is 0 Å². The summed E-state index contributed by atoms with van der Waals surface area (Å²) in [5, 5.41) is 7.01. The van der Waals surface area contributed by atoms with Crippen molar-refractivity contribution in [2.75, 3.05) is 10.6 Å². The van der Waals surface area contributed by atoms with E-state index >= 15 is 0 Å². The van der Waals surface area contributed by atoms with Gasteiger partial charge in [-0.05, 0) is 30.2 Å². The van der Waals surface area contributed by atoms with Gasteiger partial charge in [-0.2, -0.15) is 0 Å². The second-order valence-electron chi connectivity index (χ2n) is 4.39. The Bertz CT molecular complexity index is 546. The number of para-hydroxylation sites is 3. The smallest absolute Gasteiger partial charge is 0.0656 e. The van der Waals surface area contributed by atoms with Gasteiger partial charge in [0.15, 0.2) is 0 Å². The fraction of sp³-hybridized carbons (Fsp3) is 0.200. The van der Waals surface area contributed by atoms with E-state index in [0.29, 0.717) is 0 Å². The van der Waals surface area contributed by atoms with Crippen molar-refractivity contribution in [3.05, 3.63) is 48.0 Å². The van der Waals surface area contributed by atoms with Gasteiger partial charge in [0.1, 0.15) is 0 Å². The van der Waals surface area contributed by atoms with Crippen LogP contribution in [0.4, 0.5) is 22.7 Å². The Kier molecular flexibility index (Phi) is 2.48. The van der Waals surface area contributed by atoms with Crippen molar-refractivity contribution in [1.82, 2.24) is 0 Å². The second kappa shape index (κ2) is 4.13. The molecule has 2 aromatic rings. The highest BCUT2D eigenvalue weighted by atomic mass is 15.0. The lowest BCUT2D eigenvalue weighted by molar-refractivity contribution is 0.923. The quantitative estimate of drug-likeness (QED) is 0.672. The molecule has 0 saturated carbocycles. The molecular weight excluding hydrogens is 208 g/mol. The molecule has 0 aliphatic carbocycles. The molecule has 2 aromatic carbocycles. The standard InChI is InChI=1S/C15H16N2/c1-2-6-11-7-5-10-14-15(11)17-13-9-4-3-8-12(13)16-14/h3-5,7-10,16-17H,2,6H2,1H3. The van der Waals surface area contributed by atoms with Crippen LogP contribution in [0.1, 0.15) is 18.9 Å². The summed E-state index contributed by atoms with van der Waals surface area (Å²) in [5.74, 6) is 0. The van der Waals surface area contributed by atoms with E-state index in [1.54, 1.807) is 0 Å². The Morgan fingerprint density at radius 3 is 2.29 bits per heavy atom. The summed E-state index contributed by atoms with van der Waals surface area (Å²) in [5.41, 5.74) is 6.09. The Labute approximate surface area is 102 Å². The third-order valence-corrected chi connectivity index (χ3v) is 3.13. The van der Waals surface area contributed by atoms with E-state index in [1.165, 1.54) is 23.4 Å². The maximum atomic E-state index is 3.53. The minimum absolute atomic E-state index is 1.11. The van der Waals surface area contributed by atoms with Gasteiger partial charge in [-0.1, -0.05) is 37.6 Å². The van der Waals surface area contributed by atoms with Gasteiger partial charge in [0, 0.05) is 0 Å². The van der Waals surface area contributed by atoms with Crippen molar-refractivity contribution in [3.63, 3.8) is 0 Å². The largest absolute Gasteiger partial charge is 0.352 e. The number of fused-ring (bicyclic) bond motifs is 2. The maximum Gasteiger partial charge on any atom is 0.0656 e. The number of anilines is 4. The van der Waals surface area contributed by atoms with Gasteiger partial charge in [-0.15, -0.1) is 0 Å². The van der Waals surface area contributed by atoms with Gasteiger partial charge in [-0.25, -0.2) is 0 Å². The fourth-order valence-corrected chi connectivity index (χ4v) is 2.31. The number of aryl methyl sites for hydroxylation is 1. The zero-order chi connectivity index (χ0) is 11.7. The van der Waals surface area contributed by atoms with Crippen LogP contribution in [-0.2, 0) is 6.42 Å². The topological polar surface area (TPSA) is 24.1 Å². The number of benzene rings is 2. The highest BCUT2D eigenvalue weighted by Crippen LogP contribution is 2.40. The number of hydrogen-bond acceptors (Lipinski definition) is 2. The van der Waals surface area contributed by atoms with Gasteiger partial charge >= 0.3 is 0 Å². The number of rotatable bonds is 2. The van der Waals surface area contributed by atoms with E-state index in [9.17, 15) is 0 Å². The molecule has 86 valence electrons. The summed E-state index contributed by atoms with van der Waals surface area (Å²) < 4.78 is 0. The summed E-state index contributed by atoms with van der Waals surface area (Å²) in [7, 11) is 0. The molecule has 17 heavy (non-hydrogen) atoms. The molecule has 0 aromatic heterocycles. The molecule has 2 heteroatoms. The minimum atomic E-state index is 1.11. The minimum Gasteiger partial charge on any atom is -0.352 e. The molecule has 3 rings (SSSR count). The molecule has 1 heterocycles. The van der Waals surface area contributed by atoms with Crippen LogP contribution in [-0.4, -0.2) is 0 Å². The molecule has 0 fully saturated rings. The highest BCUT2D eigenvalue weighted by molar-refractivity contribution is 5.91. The van der Waals surface area contributed by atoms with E-state index in [-0.39, 0.29) is 0 Å². The van der Waals surface area contributed by atoms with Crippen molar-refractivity contribution in [1.29, 1.82) is 0 Å². The van der Waals surface area contributed by atoms with Gasteiger partial charge < -0.3 is 10.6 Å². The molecule has 1 aliphatic rings. The van der Waals surface area contributed by atoms with Crippen molar-refractivity contribution in [2.24, 2.45) is 0 Å². The molecule has 0 unspecified atom stereocenters. The van der Waals surface area contributed by atoms with Crippen LogP contribution in [0.3, 0.4) is 0 Å². The van der Waals surface area contributed by atoms with Crippen LogP contribution >= 0.6 is 0 Å². The van der Waals surface area contributed by atoms with Crippen LogP contribution in [0.2, 0.25) is 0 Å². The monoisotopic (exact) mass is 224 g/mol. The van der Waals surface area contributed by atoms with Crippen LogP contribution in [0.5, 0.6) is 0 Å². The van der Waals surface area contributed by atoms with E-state index in [2.05, 4.69) is 60.0 Å². The van der Waals surface area contributed by atoms with Crippen LogP contribution in [0, 0.1) is 0 Å². The molecule has 0 atom stereocenters. The summed E-state index contributed by atoms with van der Waals surface area (Å²) >= 11 is 0. The van der Waals surface area contributed by atoms with Crippen molar-refractivity contribution in [2.45, 2.75) is 19.8 Å². The average Bonchev–Trinajstić information content (AvgIpc) is 2.37. The number of nitrogens with one attached hydrogen (secondary N) is 2. The first-order valence-electron chi connectivity index (χ1n) is 6.13. The number of hydrogen-bond donors (Lipinski definition) is 2. The van der Waals surface area contributed by atoms with Gasteiger partial charge in [-0.3, -0.25) is 0 Å². The first kappa shape index (κ1) is 10.2. The molecule has 0 amide bonds. The Morgan fingerprint density at radius 1 is 0.824 bits per heavy atom. The van der Waals surface area contributed by atoms with Crippen LogP contribution in [0.15, 0.2) is 42.5 Å². The lowest BCUT2D eigenvalue weighted by atomic mass is 10.0. The zero-order valence-electron chi connectivity index (χ0n) is 9.96. The molecule has 0 spiro atoms. The van der Waals surface area contributed by atoms with Crippen LogP contribution in [0.25, 0.3) is 0 Å². The lowest BCUT2D eigenvalue weighted by Crippen LogP contribution is -2.08. The molecule has 2 nitrogen and oxygen atoms in total. The predicted octanol–water partition coefficient (Wildman–Crippen LogP) is 4.44. The summed E-state index contributed by atoms with van der Waals surface area (Å²) in [6.45, 7) is 2.21. The van der Waals surface area contributed by atoms with Gasteiger partial charge in [0.05, 0.1) is 22.7 Å². The molecule has 0 radical (unpaired) electrons. The molecular formula is C15H16N2. The Hall–Kier alpha value is -1.96. The van der Waals surface area contributed by atoms with Gasteiger partial charge in [0.25, 0.3) is 0 Å². The molecule has 0 saturated heterocycles. The SMILES string of the molecule is CCCc1cccc2c1Nc1ccccc1N2. The highest BCUT2D eigenvalue weighted by Gasteiger charge is 2.15.